The lowest BCUT2D eigenvalue weighted by Crippen LogP contribution is -2.50. The van der Waals surface area contributed by atoms with Crippen LogP contribution in [0.4, 0.5) is 0 Å². The van der Waals surface area contributed by atoms with Crippen LogP contribution in [0.5, 0.6) is 0 Å². The van der Waals surface area contributed by atoms with Gasteiger partial charge in [0.05, 0.1) is 5.41 Å². The molecule has 1 rings (SSSR count). The van der Waals surface area contributed by atoms with E-state index in [0.717, 1.165) is 4.90 Å². The summed E-state index contributed by atoms with van der Waals surface area (Å²) in [7, 11) is 0. The molecule has 3 unspecified atom stereocenters. The minimum Gasteiger partial charge on any atom is -0.480 e. The van der Waals surface area contributed by atoms with E-state index in [1.165, 1.54) is 0 Å². The lowest BCUT2D eigenvalue weighted by Gasteiger charge is -2.30. The standard InChI is InChI=1S/C14H23NO4/c1-6-9(4)11(12(17)18)15-10(16)7-14(5,8(2)3)13(15)19/h8-9,11H,6-7H2,1-5H3,(H,17,18). The van der Waals surface area contributed by atoms with Crippen LogP contribution in [0.1, 0.15) is 47.5 Å². The maximum Gasteiger partial charge on any atom is 0.327 e. The SMILES string of the molecule is CCC(C)C(C(=O)O)N1C(=O)CC(C)(C(C)C)C1=O. The van der Waals surface area contributed by atoms with Crippen LogP contribution in [0, 0.1) is 17.3 Å². The van der Waals surface area contributed by atoms with Crippen LogP contribution in [0.15, 0.2) is 0 Å². The number of aliphatic carboxylic acids is 1. The summed E-state index contributed by atoms with van der Waals surface area (Å²) < 4.78 is 0. The fraction of sp³-hybridized carbons (Fsp3) is 0.786. The molecule has 0 saturated carbocycles. The number of rotatable bonds is 5. The summed E-state index contributed by atoms with van der Waals surface area (Å²) in [5.74, 6) is -2.07. The van der Waals surface area contributed by atoms with E-state index in [0.29, 0.717) is 6.42 Å². The molecule has 0 aromatic heterocycles. The highest BCUT2D eigenvalue weighted by Crippen LogP contribution is 2.41. The third-order valence-corrected chi connectivity index (χ3v) is 4.48. The van der Waals surface area contributed by atoms with Crippen LogP contribution in [-0.4, -0.2) is 33.8 Å². The molecule has 5 nitrogen and oxygen atoms in total. The highest BCUT2D eigenvalue weighted by molar-refractivity contribution is 6.08. The zero-order valence-electron chi connectivity index (χ0n) is 12.3. The van der Waals surface area contributed by atoms with Gasteiger partial charge in [-0.25, -0.2) is 4.79 Å². The molecule has 1 N–H and O–H groups in total. The summed E-state index contributed by atoms with van der Waals surface area (Å²) in [5.41, 5.74) is -0.780. The van der Waals surface area contributed by atoms with Gasteiger partial charge in [0, 0.05) is 6.42 Å². The van der Waals surface area contributed by atoms with Crippen molar-refractivity contribution in [1.29, 1.82) is 0 Å². The molecule has 1 fully saturated rings. The quantitative estimate of drug-likeness (QED) is 0.774. The Kier molecular flexibility index (Phi) is 4.38. The molecule has 0 spiro atoms. The molecule has 1 saturated heterocycles. The van der Waals surface area contributed by atoms with Gasteiger partial charge in [-0.3, -0.25) is 14.5 Å². The number of hydrogen-bond donors (Lipinski definition) is 1. The Labute approximate surface area is 114 Å². The molecule has 19 heavy (non-hydrogen) atoms. The fourth-order valence-corrected chi connectivity index (χ4v) is 2.43. The summed E-state index contributed by atoms with van der Waals surface area (Å²) in [6.07, 6.45) is 0.704. The third-order valence-electron chi connectivity index (χ3n) is 4.48. The summed E-state index contributed by atoms with van der Waals surface area (Å²) >= 11 is 0. The first-order valence-electron chi connectivity index (χ1n) is 6.76. The number of carboxylic acid groups (broad SMARTS) is 1. The molecule has 0 aliphatic carbocycles. The Hall–Kier alpha value is -1.39. The molecule has 1 aliphatic rings. The summed E-state index contributed by atoms with van der Waals surface area (Å²) in [6, 6.07) is -1.05. The summed E-state index contributed by atoms with van der Waals surface area (Å²) in [4.78, 5) is 37.0. The number of amides is 2. The highest BCUT2D eigenvalue weighted by atomic mass is 16.4. The monoisotopic (exact) mass is 269 g/mol. The van der Waals surface area contributed by atoms with Crippen molar-refractivity contribution in [2.75, 3.05) is 0 Å². The molecule has 0 aromatic rings. The largest absolute Gasteiger partial charge is 0.480 e. The van der Waals surface area contributed by atoms with Gasteiger partial charge in [0.1, 0.15) is 6.04 Å². The predicted octanol–water partition coefficient (Wildman–Crippen LogP) is 1.91. The van der Waals surface area contributed by atoms with Crippen LogP contribution >= 0.6 is 0 Å². The van der Waals surface area contributed by atoms with Crippen LogP contribution in [0.3, 0.4) is 0 Å². The molecular weight excluding hydrogens is 246 g/mol. The van der Waals surface area contributed by atoms with Gasteiger partial charge in [0.25, 0.3) is 0 Å². The van der Waals surface area contributed by atoms with Gasteiger partial charge in [0.15, 0.2) is 0 Å². The van der Waals surface area contributed by atoms with Crippen molar-refractivity contribution in [3.05, 3.63) is 0 Å². The molecule has 0 aromatic carbocycles. The predicted molar refractivity (Wildman–Crippen MR) is 70.3 cm³/mol. The zero-order chi connectivity index (χ0) is 15.0. The maximum atomic E-state index is 12.5. The first-order valence-corrected chi connectivity index (χ1v) is 6.76. The van der Waals surface area contributed by atoms with E-state index in [9.17, 15) is 19.5 Å². The number of hydrogen-bond acceptors (Lipinski definition) is 3. The summed E-state index contributed by atoms with van der Waals surface area (Å²) in [5, 5.41) is 9.33. The van der Waals surface area contributed by atoms with Crippen molar-refractivity contribution in [3.8, 4) is 0 Å². The number of imide groups is 1. The molecule has 1 heterocycles. The molecule has 5 heteroatoms. The number of nitrogens with zero attached hydrogens (tertiary/aromatic N) is 1. The molecule has 0 bridgehead atoms. The topological polar surface area (TPSA) is 74.7 Å². The normalized spacial score (nSPS) is 26.9. The van der Waals surface area contributed by atoms with Gasteiger partial charge in [-0.2, -0.15) is 0 Å². The van der Waals surface area contributed by atoms with Gasteiger partial charge in [-0.05, 0) is 18.8 Å². The second-order valence-electron chi connectivity index (χ2n) is 5.99. The molecule has 0 radical (unpaired) electrons. The average Bonchev–Trinajstić information content (AvgIpc) is 2.53. The minimum atomic E-state index is -1.11. The van der Waals surface area contributed by atoms with E-state index in [2.05, 4.69) is 0 Å². The van der Waals surface area contributed by atoms with Crippen molar-refractivity contribution in [2.24, 2.45) is 17.3 Å². The molecule has 108 valence electrons. The van der Waals surface area contributed by atoms with Gasteiger partial charge >= 0.3 is 5.97 Å². The van der Waals surface area contributed by atoms with Gasteiger partial charge in [0.2, 0.25) is 11.8 Å². The number of carbonyl (C=O) groups is 3. The lowest BCUT2D eigenvalue weighted by atomic mass is 9.77. The van der Waals surface area contributed by atoms with Gasteiger partial charge in [-0.1, -0.05) is 34.1 Å². The highest BCUT2D eigenvalue weighted by Gasteiger charge is 2.54. The van der Waals surface area contributed by atoms with Crippen LogP contribution in [-0.2, 0) is 14.4 Å². The van der Waals surface area contributed by atoms with Crippen molar-refractivity contribution >= 4 is 17.8 Å². The average molecular weight is 269 g/mol. The third kappa shape index (κ3) is 2.51. The van der Waals surface area contributed by atoms with Crippen LogP contribution in [0.2, 0.25) is 0 Å². The first-order chi connectivity index (χ1) is 8.66. The maximum absolute atomic E-state index is 12.5. The zero-order valence-corrected chi connectivity index (χ0v) is 12.3. The van der Waals surface area contributed by atoms with Gasteiger partial charge < -0.3 is 5.11 Å². The van der Waals surface area contributed by atoms with Crippen LogP contribution in [0.25, 0.3) is 0 Å². The minimum absolute atomic E-state index is 0.000303. The van der Waals surface area contributed by atoms with E-state index in [1.54, 1.807) is 13.8 Å². The Morgan fingerprint density at radius 2 is 1.89 bits per heavy atom. The van der Waals surface area contributed by atoms with Crippen molar-refractivity contribution in [1.82, 2.24) is 4.90 Å². The van der Waals surface area contributed by atoms with E-state index in [-0.39, 0.29) is 30.1 Å². The number of likely N-dealkylation sites (tertiary alicyclic amines) is 1. The number of carboxylic acids is 1. The van der Waals surface area contributed by atoms with Gasteiger partial charge in [-0.15, -0.1) is 0 Å². The second kappa shape index (κ2) is 5.31. The first kappa shape index (κ1) is 15.7. The van der Waals surface area contributed by atoms with Crippen LogP contribution < -0.4 is 0 Å². The Morgan fingerprint density at radius 3 is 2.21 bits per heavy atom. The second-order valence-corrected chi connectivity index (χ2v) is 5.99. The molecule has 1 aliphatic heterocycles. The molecule has 2 amide bonds. The number of carbonyl (C=O) groups excluding carboxylic acids is 2. The Bertz CT molecular complexity index is 404. The lowest BCUT2D eigenvalue weighted by molar-refractivity contribution is -0.158. The fourth-order valence-electron chi connectivity index (χ4n) is 2.43. The van der Waals surface area contributed by atoms with Crippen molar-refractivity contribution in [2.45, 2.75) is 53.5 Å². The van der Waals surface area contributed by atoms with Crippen molar-refractivity contribution < 1.29 is 19.5 Å². The molecular formula is C14H23NO4. The van der Waals surface area contributed by atoms with E-state index >= 15 is 0 Å². The van der Waals surface area contributed by atoms with E-state index < -0.39 is 17.4 Å². The van der Waals surface area contributed by atoms with E-state index in [4.69, 9.17) is 0 Å². The van der Waals surface area contributed by atoms with Crippen molar-refractivity contribution in [3.63, 3.8) is 0 Å². The Balaban J connectivity index is 3.16. The van der Waals surface area contributed by atoms with E-state index in [1.807, 2.05) is 20.8 Å². The molecule has 3 atom stereocenters. The summed E-state index contributed by atoms with van der Waals surface area (Å²) in [6.45, 7) is 9.12. The Morgan fingerprint density at radius 1 is 1.37 bits per heavy atom. The smallest absolute Gasteiger partial charge is 0.327 e.